The van der Waals surface area contributed by atoms with Crippen molar-refractivity contribution < 1.29 is 4.79 Å². The number of nitrogens with one attached hydrogen (secondary N) is 1. The van der Waals surface area contributed by atoms with E-state index in [4.69, 9.17) is 5.73 Å². The van der Waals surface area contributed by atoms with Gasteiger partial charge in [-0.1, -0.05) is 36.4 Å². The predicted octanol–water partition coefficient (Wildman–Crippen LogP) is 3.11. The van der Waals surface area contributed by atoms with Crippen LogP contribution in [0, 0.1) is 0 Å². The molecule has 5 aromatic rings. The van der Waals surface area contributed by atoms with E-state index < -0.39 is 11.9 Å². The van der Waals surface area contributed by atoms with E-state index in [0.717, 1.165) is 11.1 Å². The summed E-state index contributed by atoms with van der Waals surface area (Å²) in [5.41, 5.74) is 7.85. The Balaban J connectivity index is 1.61. The van der Waals surface area contributed by atoms with Crippen molar-refractivity contribution in [3.05, 3.63) is 101 Å². The van der Waals surface area contributed by atoms with Crippen LogP contribution in [0.3, 0.4) is 0 Å². The van der Waals surface area contributed by atoms with Crippen LogP contribution in [0.2, 0.25) is 0 Å². The highest BCUT2D eigenvalue weighted by Gasteiger charge is 2.23. The number of fused-ring (bicyclic) bond motifs is 2. The van der Waals surface area contributed by atoms with Crippen molar-refractivity contribution in [2.45, 2.75) is 13.0 Å². The van der Waals surface area contributed by atoms with Crippen LogP contribution in [0.1, 0.15) is 29.1 Å². The molecular formula is C24H20N6O2. The Morgan fingerprint density at radius 1 is 1.03 bits per heavy atom. The molecule has 1 amide bonds. The van der Waals surface area contributed by atoms with Gasteiger partial charge in [0, 0.05) is 23.0 Å². The van der Waals surface area contributed by atoms with Crippen molar-refractivity contribution in [2.75, 3.05) is 5.73 Å². The molecule has 32 heavy (non-hydrogen) atoms. The maximum Gasteiger partial charge on any atom is 0.274 e. The van der Waals surface area contributed by atoms with E-state index in [1.165, 1.54) is 4.52 Å². The first kappa shape index (κ1) is 19.5. The standard InChI is InChI=1S/C24H20N6O2/c1-15(27-23(31)21-22(25)28-20-12-7-13-26-30(20)21)19-14-16-8-5-6-11-18(16)24(32)29(19)17-9-3-2-4-10-17/h2-15H,25H2,1H3,(H,27,31)/t15-/m0/s1. The zero-order valence-electron chi connectivity index (χ0n) is 17.3. The minimum Gasteiger partial charge on any atom is -0.382 e. The van der Waals surface area contributed by atoms with Crippen LogP contribution < -0.4 is 16.6 Å². The molecule has 0 aliphatic heterocycles. The molecule has 0 saturated heterocycles. The first-order chi connectivity index (χ1) is 15.5. The number of nitrogens with zero attached hydrogens (tertiary/aromatic N) is 4. The highest BCUT2D eigenvalue weighted by atomic mass is 16.2. The zero-order chi connectivity index (χ0) is 22.2. The molecule has 0 bridgehead atoms. The minimum absolute atomic E-state index is 0.0901. The third-order valence-corrected chi connectivity index (χ3v) is 5.40. The lowest BCUT2D eigenvalue weighted by Crippen LogP contribution is -2.33. The Morgan fingerprint density at radius 3 is 2.59 bits per heavy atom. The van der Waals surface area contributed by atoms with Crippen molar-refractivity contribution in [3.8, 4) is 5.69 Å². The van der Waals surface area contributed by atoms with Gasteiger partial charge in [-0.3, -0.25) is 14.2 Å². The van der Waals surface area contributed by atoms with Crippen molar-refractivity contribution in [3.63, 3.8) is 0 Å². The number of para-hydroxylation sites is 1. The molecule has 0 radical (unpaired) electrons. The lowest BCUT2D eigenvalue weighted by molar-refractivity contribution is 0.0932. The third kappa shape index (κ3) is 3.18. The van der Waals surface area contributed by atoms with Crippen LogP contribution >= 0.6 is 0 Å². The molecular weight excluding hydrogens is 404 g/mol. The quantitative estimate of drug-likeness (QED) is 0.461. The van der Waals surface area contributed by atoms with Gasteiger partial charge in [-0.05, 0) is 48.7 Å². The Labute approximate surface area is 182 Å². The van der Waals surface area contributed by atoms with Gasteiger partial charge >= 0.3 is 0 Å². The van der Waals surface area contributed by atoms with Crippen LogP contribution in [0.5, 0.6) is 0 Å². The van der Waals surface area contributed by atoms with Gasteiger partial charge in [-0.25, -0.2) is 9.50 Å². The van der Waals surface area contributed by atoms with Gasteiger partial charge in [0.2, 0.25) is 0 Å². The summed E-state index contributed by atoms with van der Waals surface area (Å²) in [6.07, 6.45) is 1.56. The van der Waals surface area contributed by atoms with Gasteiger partial charge < -0.3 is 11.1 Å². The normalized spacial score (nSPS) is 12.2. The van der Waals surface area contributed by atoms with E-state index in [-0.39, 0.29) is 17.1 Å². The molecule has 3 heterocycles. The first-order valence-electron chi connectivity index (χ1n) is 10.1. The monoisotopic (exact) mass is 424 g/mol. The molecule has 0 fully saturated rings. The number of aromatic nitrogens is 4. The van der Waals surface area contributed by atoms with E-state index >= 15 is 0 Å². The number of nitrogen functional groups attached to an aromatic ring is 1. The maximum absolute atomic E-state index is 13.4. The summed E-state index contributed by atoms with van der Waals surface area (Å²) in [4.78, 5) is 30.7. The SMILES string of the molecule is C[C@H](NC(=O)c1c(N)nc2cccnn12)c1cc2ccccc2c(=O)n1-c1ccccc1. The molecule has 8 nitrogen and oxygen atoms in total. The fraction of sp³-hybridized carbons (Fsp3) is 0.0833. The third-order valence-electron chi connectivity index (χ3n) is 5.40. The Kier molecular flexibility index (Phi) is 4.67. The van der Waals surface area contributed by atoms with Gasteiger partial charge in [0.15, 0.2) is 17.2 Å². The highest BCUT2D eigenvalue weighted by Crippen LogP contribution is 2.22. The summed E-state index contributed by atoms with van der Waals surface area (Å²) in [6.45, 7) is 1.83. The number of rotatable bonds is 4. The Morgan fingerprint density at radius 2 is 1.78 bits per heavy atom. The topological polar surface area (TPSA) is 107 Å². The van der Waals surface area contributed by atoms with E-state index in [0.29, 0.717) is 16.7 Å². The summed E-state index contributed by atoms with van der Waals surface area (Å²) < 4.78 is 3.03. The summed E-state index contributed by atoms with van der Waals surface area (Å²) in [6, 6.07) is 21.6. The molecule has 158 valence electrons. The Bertz CT molecular complexity index is 1520. The number of carbonyl (C=O) groups is 1. The maximum atomic E-state index is 13.4. The molecule has 2 aromatic carbocycles. The Hall–Kier alpha value is -4.46. The average Bonchev–Trinajstić information content (AvgIpc) is 3.15. The van der Waals surface area contributed by atoms with Crippen molar-refractivity contribution in [2.24, 2.45) is 0 Å². The molecule has 0 aliphatic carbocycles. The van der Waals surface area contributed by atoms with Gasteiger partial charge in [0.1, 0.15) is 0 Å². The lowest BCUT2D eigenvalue weighted by Gasteiger charge is -2.21. The van der Waals surface area contributed by atoms with Crippen LogP contribution in [-0.2, 0) is 0 Å². The summed E-state index contributed by atoms with van der Waals surface area (Å²) >= 11 is 0. The van der Waals surface area contributed by atoms with Gasteiger partial charge in [0.25, 0.3) is 11.5 Å². The summed E-state index contributed by atoms with van der Waals surface area (Å²) in [5.74, 6) is -0.339. The van der Waals surface area contributed by atoms with Gasteiger partial charge in [-0.2, -0.15) is 5.10 Å². The predicted molar refractivity (Wildman–Crippen MR) is 123 cm³/mol. The molecule has 0 aliphatic rings. The van der Waals surface area contributed by atoms with Crippen LogP contribution in [0.15, 0.2) is 83.8 Å². The second kappa shape index (κ2) is 7.66. The van der Waals surface area contributed by atoms with Crippen LogP contribution in [0.4, 0.5) is 5.82 Å². The van der Waals surface area contributed by atoms with Crippen LogP contribution in [0.25, 0.3) is 22.1 Å². The largest absolute Gasteiger partial charge is 0.382 e. The summed E-state index contributed by atoms with van der Waals surface area (Å²) in [5, 5.41) is 8.54. The number of pyridine rings is 1. The van der Waals surface area contributed by atoms with E-state index in [2.05, 4.69) is 15.4 Å². The molecule has 3 aromatic heterocycles. The molecule has 0 saturated carbocycles. The number of amides is 1. The molecule has 8 heteroatoms. The van der Waals surface area contributed by atoms with Crippen molar-refractivity contribution >= 4 is 28.1 Å². The molecule has 5 rings (SSSR count). The number of anilines is 1. The van der Waals surface area contributed by atoms with Crippen molar-refractivity contribution in [1.29, 1.82) is 0 Å². The number of imidazole rings is 1. The zero-order valence-corrected chi connectivity index (χ0v) is 17.3. The molecule has 0 spiro atoms. The fourth-order valence-electron chi connectivity index (χ4n) is 3.90. The number of hydrogen-bond acceptors (Lipinski definition) is 5. The lowest BCUT2D eigenvalue weighted by atomic mass is 10.1. The van der Waals surface area contributed by atoms with Crippen molar-refractivity contribution in [1.82, 2.24) is 24.5 Å². The van der Waals surface area contributed by atoms with E-state index in [9.17, 15) is 9.59 Å². The number of hydrogen-bond donors (Lipinski definition) is 2. The van der Waals surface area contributed by atoms with E-state index in [1.807, 2.05) is 61.5 Å². The number of benzene rings is 2. The van der Waals surface area contributed by atoms with Crippen LogP contribution in [-0.4, -0.2) is 25.1 Å². The smallest absolute Gasteiger partial charge is 0.274 e. The second-order valence-corrected chi connectivity index (χ2v) is 7.47. The minimum atomic E-state index is -0.506. The van der Waals surface area contributed by atoms with Gasteiger partial charge in [0.05, 0.1) is 6.04 Å². The highest BCUT2D eigenvalue weighted by molar-refractivity contribution is 5.98. The number of nitrogens with two attached hydrogens (primary N) is 1. The average molecular weight is 424 g/mol. The first-order valence-corrected chi connectivity index (χ1v) is 10.1. The number of carbonyl (C=O) groups excluding carboxylic acids is 1. The molecule has 3 N–H and O–H groups in total. The summed E-state index contributed by atoms with van der Waals surface area (Å²) in [7, 11) is 0. The van der Waals surface area contributed by atoms with Gasteiger partial charge in [-0.15, -0.1) is 0 Å². The molecule has 1 atom stereocenters. The molecule has 0 unspecified atom stereocenters. The fourth-order valence-corrected chi connectivity index (χ4v) is 3.90. The van der Waals surface area contributed by atoms with E-state index in [1.54, 1.807) is 29.0 Å². The second-order valence-electron chi connectivity index (χ2n) is 7.47.